The van der Waals surface area contributed by atoms with Crippen molar-refractivity contribution < 1.29 is 4.79 Å². The first-order valence-electron chi connectivity index (χ1n) is 10.1. The van der Waals surface area contributed by atoms with Crippen LogP contribution in [0.15, 0.2) is 41.6 Å². The predicted molar refractivity (Wildman–Crippen MR) is 111 cm³/mol. The third-order valence-corrected chi connectivity index (χ3v) is 5.50. The Kier molecular flexibility index (Phi) is 5.44. The zero-order valence-corrected chi connectivity index (χ0v) is 16.9. The van der Waals surface area contributed by atoms with E-state index in [1.165, 1.54) is 0 Å². The van der Waals surface area contributed by atoms with Gasteiger partial charge in [0.1, 0.15) is 11.2 Å². The number of fused-ring (bicyclic) bond motifs is 1. The fraction of sp³-hybridized carbons (Fsp3) is 0.429. The molecule has 0 N–H and O–H groups in total. The minimum Gasteiger partial charge on any atom is -0.336 e. The van der Waals surface area contributed by atoms with E-state index >= 15 is 0 Å². The molecule has 29 heavy (non-hydrogen) atoms. The number of carbonyl (C=O) groups excluding carboxylic acids is 1. The summed E-state index contributed by atoms with van der Waals surface area (Å²) in [6.07, 6.45) is 5.40. The monoisotopic (exact) mass is 394 g/mol. The lowest BCUT2D eigenvalue weighted by Gasteiger charge is -2.34. The first kappa shape index (κ1) is 19.3. The second-order valence-electron chi connectivity index (χ2n) is 7.38. The van der Waals surface area contributed by atoms with Gasteiger partial charge in [-0.1, -0.05) is 0 Å². The van der Waals surface area contributed by atoms with Crippen LogP contribution in [0.4, 0.5) is 0 Å². The van der Waals surface area contributed by atoms with E-state index in [2.05, 4.69) is 15.0 Å². The fourth-order valence-corrected chi connectivity index (χ4v) is 3.77. The number of pyridine rings is 2. The highest BCUT2D eigenvalue weighted by atomic mass is 16.2. The molecular formula is C21H26N6O2. The summed E-state index contributed by atoms with van der Waals surface area (Å²) in [5.41, 5.74) is 1.49. The van der Waals surface area contributed by atoms with Crippen LogP contribution in [-0.2, 0) is 13.1 Å². The third kappa shape index (κ3) is 3.93. The van der Waals surface area contributed by atoms with E-state index in [0.717, 1.165) is 31.9 Å². The average Bonchev–Trinajstić information content (AvgIpc) is 3.26. The molecule has 4 rings (SSSR count). The Bertz CT molecular complexity index is 1060. The van der Waals surface area contributed by atoms with Crippen molar-refractivity contribution in [2.45, 2.75) is 26.9 Å². The normalized spacial score (nSPS) is 15.2. The molecule has 4 heterocycles. The molecule has 8 nitrogen and oxygen atoms in total. The topological polar surface area (TPSA) is 76.3 Å². The van der Waals surface area contributed by atoms with E-state index in [-0.39, 0.29) is 16.9 Å². The van der Waals surface area contributed by atoms with Gasteiger partial charge in [0, 0.05) is 63.6 Å². The largest absolute Gasteiger partial charge is 0.336 e. The van der Waals surface area contributed by atoms with Crippen molar-refractivity contribution >= 4 is 16.9 Å². The molecule has 152 valence electrons. The van der Waals surface area contributed by atoms with Gasteiger partial charge in [-0.3, -0.25) is 19.2 Å². The van der Waals surface area contributed by atoms with Gasteiger partial charge in [-0.15, -0.1) is 0 Å². The van der Waals surface area contributed by atoms with Gasteiger partial charge in [0.2, 0.25) is 5.43 Å². The van der Waals surface area contributed by atoms with Crippen molar-refractivity contribution in [3.63, 3.8) is 0 Å². The van der Waals surface area contributed by atoms with Gasteiger partial charge < -0.3 is 9.47 Å². The Hall–Kier alpha value is -3.00. The van der Waals surface area contributed by atoms with Crippen LogP contribution in [0.1, 0.15) is 23.0 Å². The Morgan fingerprint density at radius 3 is 2.62 bits per heavy atom. The van der Waals surface area contributed by atoms with Crippen molar-refractivity contribution in [3.05, 3.63) is 58.3 Å². The second-order valence-corrected chi connectivity index (χ2v) is 7.38. The van der Waals surface area contributed by atoms with E-state index < -0.39 is 0 Å². The molecule has 0 saturated carbocycles. The molecule has 1 aliphatic heterocycles. The minimum absolute atomic E-state index is 0.189. The molecule has 0 unspecified atom stereocenters. The molecule has 0 aliphatic carbocycles. The Balaban J connectivity index is 1.49. The SMILES string of the molecule is CCn1cc(C(=O)N2CCN(CCn3cccn3)CC2)c(=O)c2ccc(C)nc21. The highest BCUT2D eigenvalue weighted by Gasteiger charge is 2.25. The van der Waals surface area contributed by atoms with E-state index in [9.17, 15) is 9.59 Å². The fourth-order valence-electron chi connectivity index (χ4n) is 3.77. The van der Waals surface area contributed by atoms with Gasteiger partial charge in [0.25, 0.3) is 5.91 Å². The van der Waals surface area contributed by atoms with Crippen LogP contribution < -0.4 is 5.43 Å². The summed E-state index contributed by atoms with van der Waals surface area (Å²) in [5, 5.41) is 4.72. The van der Waals surface area contributed by atoms with Crippen LogP contribution in [-0.4, -0.2) is 67.8 Å². The molecule has 0 spiro atoms. The van der Waals surface area contributed by atoms with Gasteiger partial charge in [-0.2, -0.15) is 5.10 Å². The van der Waals surface area contributed by atoms with Crippen molar-refractivity contribution in [1.29, 1.82) is 0 Å². The average molecular weight is 394 g/mol. The number of hydrogen-bond acceptors (Lipinski definition) is 5. The predicted octanol–water partition coefficient (Wildman–Crippen LogP) is 1.38. The molecule has 3 aromatic rings. The van der Waals surface area contributed by atoms with E-state index in [1.807, 2.05) is 41.4 Å². The smallest absolute Gasteiger partial charge is 0.259 e. The maximum absolute atomic E-state index is 13.1. The molecule has 1 fully saturated rings. The summed E-state index contributed by atoms with van der Waals surface area (Å²) in [5.74, 6) is -0.189. The van der Waals surface area contributed by atoms with Gasteiger partial charge in [-0.05, 0) is 32.0 Å². The number of aromatic nitrogens is 4. The summed E-state index contributed by atoms with van der Waals surface area (Å²) in [6.45, 7) is 9.09. The number of amides is 1. The van der Waals surface area contributed by atoms with Crippen LogP contribution >= 0.6 is 0 Å². The molecule has 0 aromatic carbocycles. The molecule has 3 aromatic heterocycles. The van der Waals surface area contributed by atoms with Crippen LogP contribution in [0, 0.1) is 6.92 Å². The standard InChI is InChI=1S/C21H26N6O2/c1-3-25-15-18(19(28)17-6-5-16(2)23-20(17)25)21(29)26-12-9-24(10-13-26)11-14-27-8-4-7-22-27/h4-8,15H,3,9-14H2,1-2H3. The zero-order chi connectivity index (χ0) is 20.4. The van der Waals surface area contributed by atoms with Crippen LogP contribution in [0.3, 0.4) is 0 Å². The minimum atomic E-state index is -0.233. The highest BCUT2D eigenvalue weighted by Crippen LogP contribution is 2.13. The van der Waals surface area contributed by atoms with Gasteiger partial charge in [0.05, 0.1) is 11.9 Å². The molecule has 1 aliphatic rings. The van der Waals surface area contributed by atoms with Crippen LogP contribution in [0.5, 0.6) is 0 Å². The lowest BCUT2D eigenvalue weighted by atomic mass is 10.1. The summed E-state index contributed by atoms with van der Waals surface area (Å²) < 4.78 is 3.80. The summed E-state index contributed by atoms with van der Waals surface area (Å²) >= 11 is 0. The number of nitrogens with zero attached hydrogens (tertiary/aromatic N) is 6. The third-order valence-electron chi connectivity index (χ3n) is 5.50. The zero-order valence-electron chi connectivity index (χ0n) is 16.9. The quantitative estimate of drug-likeness (QED) is 0.654. The van der Waals surface area contributed by atoms with Crippen molar-refractivity contribution in [2.24, 2.45) is 0 Å². The molecular weight excluding hydrogens is 368 g/mol. The number of hydrogen-bond donors (Lipinski definition) is 0. The van der Waals surface area contributed by atoms with Crippen LogP contribution in [0.25, 0.3) is 11.0 Å². The van der Waals surface area contributed by atoms with Crippen LogP contribution in [0.2, 0.25) is 0 Å². The first-order chi connectivity index (χ1) is 14.1. The number of piperazine rings is 1. The number of carbonyl (C=O) groups is 1. The lowest BCUT2D eigenvalue weighted by molar-refractivity contribution is 0.0630. The number of rotatable bonds is 5. The highest BCUT2D eigenvalue weighted by molar-refractivity contribution is 5.97. The Morgan fingerprint density at radius 2 is 1.93 bits per heavy atom. The Morgan fingerprint density at radius 1 is 1.14 bits per heavy atom. The maximum Gasteiger partial charge on any atom is 0.259 e. The molecule has 0 atom stereocenters. The van der Waals surface area contributed by atoms with Crippen molar-refractivity contribution in [1.82, 2.24) is 29.1 Å². The molecule has 1 amide bonds. The van der Waals surface area contributed by atoms with E-state index in [4.69, 9.17) is 0 Å². The molecule has 8 heteroatoms. The van der Waals surface area contributed by atoms with E-state index in [1.54, 1.807) is 23.4 Å². The molecule has 0 bridgehead atoms. The summed E-state index contributed by atoms with van der Waals surface area (Å²) in [7, 11) is 0. The van der Waals surface area contributed by atoms with Gasteiger partial charge >= 0.3 is 0 Å². The van der Waals surface area contributed by atoms with E-state index in [0.29, 0.717) is 30.7 Å². The second kappa shape index (κ2) is 8.16. The summed E-state index contributed by atoms with van der Waals surface area (Å²) in [4.78, 5) is 34.7. The lowest BCUT2D eigenvalue weighted by Crippen LogP contribution is -2.50. The summed E-state index contributed by atoms with van der Waals surface area (Å²) in [6, 6.07) is 5.51. The Labute approximate surface area is 169 Å². The van der Waals surface area contributed by atoms with Gasteiger partial charge in [-0.25, -0.2) is 4.98 Å². The molecule has 0 radical (unpaired) electrons. The number of aryl methyl sites for hydroxylation is 2. The maximum atomic E-state index is 13.1. The first-order valence-corrected chi connectivity index (χ1v) is 10.1. The van der Waals surface area contributed by atoms with Crippen molar-refractivity contribution in [2.75, 3.05) is 32.7 Å². The van der Waals surface area contributed by atoms with Gasteiger partial charge in [0.15, 0.2) is 0 Å². The van der Waals surface area contributed by atoms with Crippen molar-refractivity contribution in [3.8, 4) is 0 Å². The molecule has 1 saturated heterocycles.